The minimum absolute atomic E-state index is 0.0214. The van der Waals surface area contributed by atoms with Crippen LogP contribution in [0.1, 0.15) is 0 Å². The number of para-hydroxylation sites is 1. The van der Waals surface area contributed by atoms with Gasteiger partial charge in [-0.05, 0) is 12.1 Å². The molecular weight excluding hydrogens is 338 g/mol. The largest absolute Gasteiger partial charge is 0.484 e. The summed E-state index contributed by atoms with van der Waals surface area (Å²) in [6.07, 6.45) is 0.0214. The summed E-state index contributed by atoms with van der Waals surface area (Å²) in [7, 11) is -3.07. The summed E-state index contributed by atoms with van der Waals surface area (Å²) in [5.74, 6) is 0.487. The third kappa shape index (κ3) is 3.48. The summed E-state index contributed by atoms with van der Waals surface area (Å²) in [5, 5.41) is 2.03. The molecular formula is C19H16O3P2. The quantitative estimate of drug-likeness (QED) is 0.630. The first kappa shape index (κ1) is 16.6. The highest BCUT2D eigenvalue weighted by atomic mass is 31.2. The Morgan fingerprint density at radius 1 is 0.750 bits per heavy atom. The van der Waals surface area contributed by atoms with Crippen molar-refractivity contribution >= 4 is 31.5 Å². The Kier molecular flexibility index (Phi) is 5.25. The van der Waals surface area contributed by atoms with E-state index in [2.05, 4.69) is 0 Å². The Balaban J connectivity index is 1.98. The van der Waals surface area contributed by atoms with Gasteiger partial charge in [-0.3, -0.25) is 4.57 Å². The predicted octanol–water partition coefficient (Wildman–Crippen LogP) is 3.95. The molecule has 120 valence electrons. The first-order valence-corrected chi connectivity index (χ1v) is 10.2. The smallest absolute Gasteiger partial charge is 0.196 e. The van der Waals surface area contributed by atoms with E-state index in [9.17, 15) is 9.13 Å². The standard InChI is InChI=1S/C19H16O3P2/c20-23-19-14-8-7-13-18(19)22-15-24(21,16-9-3-1-4-10-16)17-11-5-2-6-12-17/h1-14H,15H2. The highest BCUT2D eigenvalue weighted by Crippen LogP contribution is 2.43. The molecule has 0 aliphatic heterocycles. The molecule has 0 amide bonds. The summed E-state index contributed by atoms with van der Waals surface area (Å²) in [6, 6.07) is 25.8. The van der Waals surface area contributed by atoms with Crippen LogP contribution in [-0.2, 0) is 9.13 Å². The fourth-order valence-electron chi connectivity index (χ4n) is 2.45. The van der Waals surface area contributed by atoms with Gasteiger partial charge in [-0.1, -0.05) is 72.8 Å². The van der Waals surface area contributed by atoms with Crippen molar-refractivity contribution in [3.05, 3.63) is 84.9 Å². The molecule has 0 unspecified atom stereocenters. The van der Waals surface area contributed by atoms with Crippen molar-refractivity contribution in [3.8, 4) is 5.75 Å². The minimum Gasteiger partial charge on any atom is -0.484 e. The van der Waals surface area contributed by atoms with Gasteiger partial charge in [0.2, 0.25) is 0 Å². The van der Waals surface area contributed by atoms with E-state index in [1.165, 1.54) is 0 Å². The zero-order valence-corrected chi connectivity index (χ0v) is 14.7. The monoisotopic (exact) mass is 354 g/mol. The van der Waals surface area contributed by atoms with E-state index in [0.29, 0.717) is 11.1 Å². The van der Waals surface area contributed by atoms with Crippen molar-refractivity contribution in [2.24, 2.45) is 0 Å². The van der Waals surface area contributed by atoms with Crippen molar-refractivity contribution in [1.82, 2.24) is 0 Å². The number of benzene rings is 3. The normalized spacial score (nSPS) is 11.3. The SMILES string of the molecule is O=Pc1ccccc1OCP(=O)(c1ccccc1)c1ccccc1. The zero-order chi connectivity index (χ0) is 16.8. The van der Waals surface area contributed by atoms with Gasteiger partial charge in [0, 0.05) is 10.6 Å². The Hall–Kier alpha value is -2.21. The molecule has 3 rings (SSSR count). The lowest BCUT2D eigenvalue weighted by atomic mass is 10.3. The highest BCUT2D eigenvalue weighted by molar-refractivity contribution is 7.78. The zero-order valence-electron chi connectivity index (χ0n) is 12.9. The third-order valence-corrected chi connectivity index (χ3v) is 7.04. The van der Waals surface area contributed by atoms with Crippen molar-refractivity contribution in [3.63, 3.8) is 0 Å². The molecule has 0 spiro atoms. The predicted molar refractivity (Wildman–Crippen MR) is 98.9 cm³/mol. The van der Waals surface area contributed by atoms with Crippen LogP contribution in [0.4, 0.5) is 0 Å². The highest BCUT2D eigenvalue weighted by Gasteiger charge is 2.28. The summed E-state index contributed by atoms with van der Waals surface area (Å²) in [6.45, 7) is 0. The molecule has 3 aromatic carbocycles. The molecule has 0 bridgehead atoms. The van der Waals surface area contributed by atoms with Crippen LogP contribution in [-0.4, -0.2) is 6.35 Å². The second kappa shape index (κ2) is 7.57. The van der Waals surface area contributed by atoms with Crippen LogP contribution in [0.5, 0.6) is 5.75 Å². The van der Waals surface area contributed by atoms with Gasteiger partial charge in [0.15, 0.2) is 15.6 Å². The Labute approximate surface area is 142 Å². The summed E-state index contributed by atoms with van der Waals surface area (Å²) in [5.41, 5.74) is 0. The van der Waals surface area contributed by atoms with E-state index in [1.807, 2.05) is 60.7 Å². The minimum atomic E-state index is -2.95. The Morgan fingerprint density at radius 3 is 1.79 bits per heavy atom. The van der Waals surface area contributed by atoms with Crippen LogP contribution in [0.3, 0.4) is 0 Å². The number of rotatable bonds is 6. The van der Waals surface area contributed by atoms with Crippen LogP contribution in [0, 0.1) is 0 Å². The first-order chi connectivity index (χ1) is 11.7. The van der Waals surface area contributed by atoms with Crippen LogP contribution < -0.4 is 20.7 Å². The topological polar surface area (TPSA) is 43.4 Å². The summed E-state index contributed by atoms with van der Waals surface area (Å²) in [4.78, 5) is 0. The van der Waals surface area contributed by atoms with Crippen molar-refractivity contribution in [1.29, 1.82) is 0 Å². The maximum absolute atomic E-state index is 13.8. The van der Waals surface area contributed by atoms with Gasteiger partial charge in [0.05, 0.1) is 5.30 Å². The second-order valence-electron chi connectivity index (χ2n) is 5.24. The van der Waals surface area contributed by atoms with Crippen molar-refractivity contribution in [2.45, 2.75) is 0 Å². The van der Waals surface area contributed by atoms with Crippen LogP contribution >= 0.6 is 15.6 Å². The van der Waals surface area contributed by atoms with Gasteiger partial charge in [-0.25, -0.2) is 0 Å². The van der Waals surface area contributed by atoms with E-state index in [0.717, 1.165) is 10.6 Å². The fourth-order valence-corrected chi connectivity index (χ4v) is 5.05. The van der Waals surface area contributed by atoms with Gasteiger partial charge >= 0.3 is 0 Å². The van der Waals surface area contributed by atoms with E-state index in [1.54, 1.807) is 24.3 Å². The molecule has 5 heteroatoms. The Bertz CT molecular complexity index is 821. The average Bonchev–Trinajstić information content (AvgIpc) is 2.67. The molecule has 3 nitrogen and oxygen atoms in total. The maximum atomic E-state index is 13.8. The molecule has 0 aliphatic carbocycles. The average molecular weight is 354 g/mol. The van der Waals surface area contributed by atoms with E-state index < -0.39 is 7.14 Å². The lowest BCUT2D eigenvalue weighted by Crippen LogP contribution is -2.21. The van der Waals surface area contributed by atoms with E-state index in [-0.39, 0.29) is 14.8 Å². The first-order valence-electron chi connectivity index (χ1n) is 7.49. The molecule has 0 fully saturated rings. The summed E-state index contributed by atoms with van der Waals surface area (Å²) >= 11 is 0. The van der Waals surface area contributed by atoms with Gasteiger partial charge in [-0.15, -0.1) is 0 Å². The van der Waals surface area contributed by atoms with Crippen LogP contribution in [0.15, 0.2) is 84.9 Å². The lowest BCUT2D eigenvalue weighted by molar-refractivity contribution is 0.383. The molecule has 24 heavy (non-hydrogen) atoms. The molecule has 0 aliphatic rings. The van der Waals surface area contributed by atoms with Crippen LogP contribution in [0.25, 0.3) is 0 Å². The molecule has 0 atom stereocenters. The number of hydrogen-bond donors (Lipinski definition) is 0. The van der Waals surface area contributed by atoms with Crippen molar-refractivity contribution in [2.75, 3.05) is 6.35 Å². The molecule has 0 N–H and O–H groups in total. The molecule has 3 aromatic rings. The van der Waals surface area contributed by atoms with Gasteiger partial charge in [-0.2, -0.15) is 0 Å². The van der Waals surface area contributed by atoms with E-state index in [4.69, 9.17) is 4.74 Å². The van der Waals surface area contributed by atoms with Crippen molar-refractivity contribution < 1.29 is 13.9 Å². The molecule has 0 radical (unpaired) electrons. The molecule has 0 saturated heterocycles. The fraction of sp³-hybridized carbons (Fsp3) is 0.0526. The lowest BCUT2D eigenvalue weighted by Gasteiger charge is -2.20. The summed E-state index contributed by atoms with van der Waals surface area (Å²) < 4.78 is 30.9. The number of hydrogen-bond acceptors (Lipinski definition) is 3. The maximum Gasteiger partial charge on any atom is 0.196 e. The molecule has 0 aromatic heterocycles. The third-order valence-electron chi connectivity index (χ3n) is 3.71. The number of ether oxygens (including phenoxy) is 1. The second-order valence-corrected chi connectivity index (χ2v) is 8.68. The Morgan fingerprint density at radius 2 is 1.25 bits per heavy atom. The van der Waals surface area contributed by atoms with Gasteiger partial charge in [0.1, 0.15) is 12.1 Å². The van der Waals surface area contributed by atoms with Gasteiger partial charge < -0.3 is 9.30 Å². The molecule has 0 saturated carbocycles. The van der Waals surface area contributed by atoms with Gasteiger partial charge in [0.25, 0.3) is 0 Å². The van der Waals surface area contributed by atoms with E-state index >= 15 is 0 Å². The van der Waals surface area contributed by atoms with Crippen LogP contribution in [0.2, 0.25) is 0 Å². The molecule has 0 heterocycles.